The summed E-state index contributed by atoms with van der Waals surface area (Å²) in [5.41, 5.74) is 0. The van der Waals surface area contributed by atoms with Gasteiger partial charge in [-0.2, -0.15) is 0 Å². The molecule has 0 unspecified atom stereocenters. The van der Waals surface area contributed by atoms with Gasteiger partial charge in [0.1, 0.15) is 0 Å². The third-order valence-electron chi connectivity index (χ3n) is 0.165. The van der Waals surface area contributed by atoms with Gasteiger partial charge in [0.05, 0.1) is 0 Å². The van der Waals surface area contributed by atoms with Crippen LogP contribution in [0.25, 0.3) is 0 Å². The molecule has 2 heteroatoms. The summed E-state index contributed by atoms with van der Waals surface area (Å²) in [6.45, 7) is 0. The summed E-state index contributed by atoms with van der Waals surface area (Å²) < 4.78 is 2.02. The van der Waals surface area contributed by atoms with E-state index in [9.17, 15) is 0 Å². The van der Waals surface area contributed by atoms with Crippen LogP contribution in [0.15, 0.2) is 10.2 Å². The molecule has 0 saturated heterocycles. The minimum absolute atomic E-state index is 1.69. The van der Waals surface area contributed by atoms with Crippen LogP contribution in [0.3, 0.4) is 0 Å². The predicted octanol–water partition coefficient (Wildman–Crippen LogP) is -0.628. The van der Waals surface area contributed by atoms with Crippen LogP contribution >= 0.6 is 0 Å². The molecule has 28 valence electrons. The second kappa shape index (κ2) is 4.92. The third-order valence-corrected chi connectivity index (χ3v) is 0.986. The van der Waals surface area contributed by atoms with Crippen molar-refractivity contribution in [1.82, 2.24) is 0 Å². The summed E-state index contributed by atoms with van der Waals surface area (Å²) in [4.78, 5) is 1.89. The standard InChI is InChI=1S/C3H4SeTe/c4-2-1-3-5/h1-3,5H/b3-1-. The Hall–Kier alpha value is 0.919. The van der Waals surface area contributed by atoms with Crippen molar-refractivity contribution < 1.29 is 0 Å². The Kier molecular flexibility index (Phi) is 5.82. The Morgan fingerprint density at radius 2 is 2.20 bits per heavy atom. The zero-order chi connectivity index (χ0) is 4.12. The van der Waals surface area contributed by atoms with Crippen molar-refractivity contribution in [3.05, 3.63) is 10.2 Å². The molecule has 0 saturated carbocycles. The van der Waals surface area contributed by atoms with Crippen LogP contribution in [0.5, 0.6) is 0 Å². The van der Waals surface area contributed by atoms with E-state index in [2.05, 4.69) is 15.6 Å². The summed E-state index contributed by atoms with van der Waals surface area (Å²) in [5, 5.41) is 0. The molecule has 0 N–H and O–H groups in total. The van der Waals surface area contributed by atoms with E-state index in [1.807, 2.05) is 15.1 Å². The van der Waals surface area contributed by atoms with Crippen molar-refractivity contribution in [1.29, 1.82) is 0 Å². The summed E-state index contributed by atoms with van der Waals surface area (Å²) in [6, 6.07) is 0. The molecule has 0 aromatic heterocycles. The van der Waals surface area contributed by atoms with Gasteiger partial charge in [0, 0.05) is 0 Å². The van der Waals surface area contributed by atoms with Crippen molar-refractivity contribution in [2.24, 2.45) is 0 Å². The Morgan fingerprint density at radius 1 is 1.60 bits per heavy atom. The van der Waals surface area contributed by atoms with Gasteiger partial charge in [-0.1, -0.05) is 0 Å². The monoisotopic (exact) mass is 250 g/mol. The van der Waals surface area contributed by atoms with Gasteiger partial charge in [-0.3, -0.25) is 0 Å². The molecule has 0 aliphatic carbocycles. The predicted molar refractivity (Wildman–Crippen MR) is 28.1 cm³/mol. The molecule has 0 spiro atoms. The zero-order valence-electron chi connectivity index (χ0n) is 2.59. The normalized spacial score (nSPS) is 9.00. The van der Waals surface area contributed by atoms with Gasteiger partial charge in [-0.25, -0.2) is 0 Å². The van der Waals surface area contributed by atoms with Crippen LogP contribution in [0.4, 0.5) is 0 Å². The van der Waals surface area contributed by atoms with Crippen molar-refractivity contribution in [2.45, 2.75) is 0 Å². The van der Waals surface area contributed by atoms with E-state index in [0.717, 1.165) is 0 Å². The molecule has 0 heterocycles. The van der Waals surface area contributed by atoms with Crippen molar-refractivity contribution >= 4 is 42.8 Å². The van der Waals surface area contributed by atoms with Gasteiger partial charge in [0.25, 0.3) is 0 Å². The first-order chi connectivity index (χ1) is 2.41. The van der Waals surface area contributed by atoms with E-state index in [0.29, 0.717) is 0 Å². The number of hydrogen-bond acceptors (Lipinski definition) is 0. The van der Waals surface area contributed by atoms with E-state index >= 15 is 0 Å². The Labute approximate surface area is 52.9 Å². The molecule has 0 fully saturated rings. The van der Waals surface area contributed by atoms with Gasteiger partial charge in [-0.05, 0) is 0 Å². The van der Waals surface area contributed by atoms with Gasteiger partial charge >= 0.3 is 53.0 Å². The van der Waals surface area contributed by atoms with E-state index in [1.54, 1.807) is 22.3 Å². The van der Waals surface area contributed by atoms with E-state index in [4.69, 9.17) is 0 Å². The molecule has 0 nitrogen and oxygen atoms in total. The summed E-state index contributed by atoms with van der Waals surface area (Å²) in [5.74, 6) is 0. The second-order valence-electron chi connectivity index (χ2n) is 0.478. The summed E-state index contributed by atoms with van der Waals surface area (Å²) in [7, 11) is 0. The molecule has 0 bridgehead atoms. The fourth-order valence-electron chi connectivity index (χ4n) is 0.0351. The van der Waals surface area contributed by atoms with E-state index in [1.165, 1.54) is 0 Å². The van der Waals surface area contributed by atoms with Gasteiger partial charge < -0.3 is 0 Å². The number of allylic oxidation sites excluding steroid dienone is 1. The zero-order valence-corrected chi connectivity index (χ0v) is 6.85. The first-order valence-electron chi connectivity index (χ1n) is 1.16. The Bertz CT molecular complexity index is 48.9. The maximum atomic E-state index is 2.74. The van der Waals surface area contributed by atoms with Crippen LogP contribution < -0.4 is 0 Å². The van der Waals surface area contributed by atoms with Gasteiger partial charge in [0.15, 0.2) is 0 Å². The maximum absolute atomic E-state index is 2.74. The Morgan fingerprint density at radius 3 is 2.20 bits per heavy atom. The van der Waals surface area contributed by atoms with Crippen LogP contribution in [0.2, 0.25) is 0 Å². The molecule has 0 rings (SSSR count). The average molecular weight is 247 g/mol. The van der Waals surface area contributed by atoms with Crippen LogP contribution in [-0.4, -0.2) is 42.8 Å². The fraction of sp³-hybridized carbons (Fsp3) is 0. The summed E-state index contributed by atoms with van der Waals surface area (Å²) in [6.07, 6.45) is 1.97. The third kappa shape index (κ3) is 4.92. The molecular formula is C3H4SeTe. The molecule has 0 amide bonds. The number of hydrogen-bond donors (Lipinski definition) is 0. The van der Waals surface area contributed by atoms with Crippen molar-refractivity contribution in [3.63, 3.8) is 0 Å². The van der Waals surface area contributed by atoms with Gasteiger partial charge in [-0.15, -0.1) is 0 Å². The molecule has 0 aromatic carbocycles. The van der Waals surface area contributed by atoms with Crippen LogP contribution in [-0.2, 0) is 0 Å². The van der Waals surface area contributed by atoms with Crippen molar-refractivity contribution in [2.75, 3.05) is 0 Å². The molecule has 5 heavy (non-hydrogen) atoms. The summed E-state index contributed by atoms with van der Waals surface area (Å²) >= 11 is 4.43. The molecule has 0 radical (unpaired) electrons. The molecular weight excluding hydrogens is 243 g/mol. The number of rotatable bonds is 1. The first-order valence-corrected chi connectivity index (χ1v) is 3.62. The second-order valence-corrected chi connectivity index (χ2v) is 1.90. The molecule has 0 aliphatic heterocycles. The molecule has 0 aliphatic rings. The quantitative estimate of drug-likeness (QED) is 0.541. The van der Waals surface area contributed by atoms with E-state index < -0.39 is 0 Å². The topological polar surface area (TPSA) is 0 Å². The molecule has 0 atom stereocenters. The Balaban J connectivity index is 2.92. The fourth-order valence-corrected chi connectivity index (χ4v) is 1.22. The average Bonchev–Trinajstić information content (AvgIpc) is 1.41. The van der Waals surface area contributed by atoms with Crippen LogP contribution in [0.1, 0.15) is 0 Å². The minimum atomic E-state index is 1.69. The first kappa shape index (κ1) is 5.92. The van der Waals surface area contributed by atoms with Gasteiger partial charge in [0.2, 0.25) is 0 Å². The SMILES string of the molecule is [Se]=C/C=C\[TeH]. The van der Waals surface area contributed by atoms with Crippen LogP contribution in [0, 0.1) is 0 Å². The van der Waals surface area contributed by atoms with Crippen molar-refractivity contribution in [3.8, 4) is 0 Å². The van der Waals surface area contributed by atoms with E-state index in [-0.39, 0.29) is 0 Å². The molecule has 0 aromatic rings.